The second kappa shape index (κ2) is 8.41. The lowest BCUT2D eigenvalue weighted by Gasteiger charge is -2.30. The van der Waals surface area contributed by atoms with Crippen LogP contribution in [0.5, 0.6) is 5.75 Å². The molecule has 0 spiro atoms. The topological polar surface area (TPSA) is 38.5 Å². The van der Waals surface area contributed by atoms with Crippen LogP contribution in [0.2, 0.25) is 5.02 Å². The number of unbranched alkanes of at least 4 members (excludes halogenated alkanes) is 1. The van der Waals surface area contributed by atoms with Crippen molar-refractivity contribution >= 4 is 11.6 Å². The van der Waals surface area contributed by atoms with Gasteiger partial charge in [-0.05, 0) is 37.2 Å². The fraction of sp³-hybridized carbons (Fsp3) is 0.600. The number of rotatable bonds is 8. The summed E-state index contributed by atoms with van der Waals surface area (Å²) in [5.74, 6) is 0.706. The predicted molar refractivity (Wildman–Crippen MR) is 82.0 cm³/mol. The average molecular weight is 285 g/mol. The highest BCUT2D eigenvalue weighted by molar-refractivity contribution is 6.32. The lowest BCUT2D eigenvalue weighted by atomic mass is 10.0. The van der Waals surface area contributed by atoms with Gasteiger partial charge in [0.05, 0.1) is 12.1 Å². The van der Waals surface area contributed by atoms with E-state index in [1.165, 1.54) is 12.8 Å². The molecule has 108 valence electrons. The lowest BCUT2D eigenvalue weighted by Crippen LogP contribution is -2.34. The van der Waals surface area contributed by atoms with Gasteiger partial charge in [0.15, 0.2) is 0 Å². The van der Waals surface area contributed by atoms with Gasteiger partial charge >= 0.3 is 0 Å². The van der Waals surface area contributed by atoms with Crippen LogP contribution in [0.1, 0.15) is 38.3 Å². The third-order valence-electron chi connectivity index (χ3n) is 3.43. The summed E-state index contributed by atoms with van der Waals surface area (Å²) in [5, 5.41) is 0.644. The molecule has 0 bridgehead atoms. The number of halogens is 1. The molecule has 0 saturated heterocycles. The van der Waals surface area contributed by atoms with E-state index >= 15 is 0 Å². The van der Waals surface area contributed by atoms with Crippen molar-refractivity contribution in [2.24, 2.45) is 5.73 Å². The quantitative estimate of drug-likeness (QED) is 0.794. The van der Waals surface area contributed by atoms with E-state index in [0.29, 0.717) is 17.3 Å². The monoisotopic (exact) mass is 284 g/mol. The van der Waals surface area contributed by atoms with Gasteiger partial charge in [0.25, 0.3) is 0 Å². The van der Waals surface area contributed by atoms with Gasteiger partial charge in [0.1, 0.15) is 5.75 Å². The van der Waals surface area contributed by atoms with Crippen LogP contribution in [-0.2, 0) is 0 Å². The third kappa shape index (κ3) is 4.37. The van der Waals surface area contributed by atoms with Crippen LogP contribution < -0.4 is 10.5 Å². The molecule has 0 saturated carbocycles. The van der Waals surface area contributed by atoms with Crippen molar-refractivity contribution in [2.75, 3.05) is 26.7 Å². The summed E-state index contributed by atoms with van der Waals surface area (Å²) in [5.41, 5.74) is 7.12. The van der Waals surface area contributed by atoms with E-state index in [4.69, 9.17) is 22.1 Å². The molecule has 2 N–H and O–H groups in total. The molecule has 1 aromatic rings. The van der Waals surface area contributed by atoms with Crippen LogP contribution in [-0.4, -0.2) is 31.6 Å². The highest BCUT2D eigenvalue weighted by Crippen LogP contribution is 2.29. The number of likely N-dealkylation sites (N-methyl/N-ethyl adjacent to an activating group) is 1. The van der Waals surface area contributed by atoms with E-state index in [1.54, 1.807) is 7.11 Å². The van der Waals surface area contributed by atoms with Gasteiger partial charge < -0.3 is 10.5 Å². The smallest absolute Gasteiger partial charge is 0.137 e. The summed E-state index contributed by atoms with van der Waals surface area (Å²) in [6.45, 7) is 7.03. The van der Waals surface area contributed by atoms with Crippen LogP contribution >= 0.6 is 11.6 Å². The number of benzene rings is 1. The Morgan fingerprint density at radius 3 is 2.58 bits per heavy atom. The summed E-state index contributed by atoms with van der Waals surface area (Å²) in [4.78, 5) is 2.40. The van der Waals surface area contributed by atoms with Crippen LogP contribution in [0.15, 0.2) is 18.2 Å². The maximum atomic E-state index is 6.20. The molecule has 0 aliphatic rings. The van der Waals surface area contributed by atoms with Gasteiger partial charge in [-0.15, -0.1) is 0 Å². The minimum absolute atomic E-state index is 0.222. The predicted octanol–water partition coefficient (Wildman–Crippen LogP) is 3.47. The van der Waals surface area contributed by atoms with Gasteiger partial charge in [-0.25, -0.2) is 0 Å². The maximum Gasteiger partial charge on any atom is 0.137 e. The Bertz CT molecular complexity index is 384. The Kier molecular flexibility index (Phi) is 7.21. The molecule has 1 unspecified atom stereocenters. The first kappa shape index (κ1) is 16.3. The van der Waals surface area contributed by atoms with Crippen LogP contribution in [0.3, 0.4) is 0 Å². The Labute approximate surface area is 121 Å². The summed E-state index contributed by atoms with van der Waals surface area (Å²) < 4.78 is 5.19. The zero-order valence-corrected chi connectivity index (χ0v) is 12.9. The van der Waals surface area contributed by atoms with Gasteiger partial charge in [-0.3, -0.25) is 4.90 Å². The summed E-state index contributed by atoms with van der Waals surface area (Å²) >= 11 is 6.20. The molecule has 0 radical (unpaired) electrons. The van der Waals surface area contributed by atoms with Crippen LogP contribution in [0.25, 0.3) is 0 Å². The lowest BCUT2D eigenvalue weighted by molar-refractivity contribution is 0.209. The molecule has 4 heteroatoms. The number of hydrogen-bond donors (Lipinski definition) is 1. The highest BCUT2D eigenvalue weighted by Gasteiger charge is 2.18. The number of methoxy groups -OCH3 is 1. The molecule has 3 nitrogen and oxygen atoms in total. The SMILES string of the molecule is CCCCN(CC)C(CN)c1ccc(OC)c(Cl)c1. The van der Waals surface area contributed by atoms with E-state index in [9.17, 15) is 0 Å². The summed E-state index contributed by atoms with van der Waals surface area (Å²) in [7, 11) is 1.63. The van der Waals surface area contributed by atoms with E-state index in [1.807, 2.05) is 12.1 Å². The second-order valence-electron chi connectivity index (χ2n) is 4.63. The minimum atomic E-state index is 0.222. The molecule has 0 heterocycles. The molecule has 0 fully saturated rings. The Morgan fingerprint density at radius 1 is 1.37 bits per heavy atom. The highest BCUT2D eigenvalue weighted by atomic mass is 35.5. The van der Waals surface area contributed by atoms with Gasteiger partial charge in [-0.1, -0.05) is 37.9 Å². The molecule has 1 aromatic carbocycles. The zero-order valence-electron chi connectivity index (χ0n) is 12.2. The Morgan fingerprint density at radius 2 is 2.11 bits per heavy atom. The minimum Gasteiger partial charge on any atom is -0.495 e. The van der Waals surface area contributed by atoms with E-state index in [2.05, 4.69) is 24.8 Å². The molecular formula is C15H25ClN2O. The molecule has 0 aliphatic heterocycles. The van der Waals surface area contributed by atoms with E-state index in [0.717, 1.165) is 18.7 Å². The first-order chi connectivity index (χ1) is 9.17. The van der Waals surface area contributed by atoms with E-state index < -0.39 is 0 Å². The van der Waals surface area contributed by atoms with Crippen molar-refractivity contribution in [3.8, 4) is 5.75 Å². The molecular weight excluding hydrogens is 260 g/mol. The zero-order chi connectivity index (χ0) is 14.3. The molecule has 1 atom stereocenters. The Balaban J connectivity index is 2.91. The van der Waals surface area contributed by atoms with Crippen LogP contribution in [0, 0.1) is 0 Å². The van der Waals surface area contributed by atoms with Crippen molar-refractivity contribution < 1.29 is 4.74 Å². The number of hydrogen-bond acceptors (Lipinski definition) is 3. The number of nitrogens with zero attached hydrogens (tertiary/aromatic N) is 1. The van der Waals surface area contributed by atoms with Gasteiger partial charge in [0.2, 0.25) is 0 Å². The normalized spacial score (nSPS) is 12.7. The number of nitrogens with two attached hydrogens (primary N) is 1. The molecule has 0 amide bonds. The second-order valence-corrected chi connectivity index (χ2v) is 5.03. The third-order valence-corrected chi connectivity index (χ3v) is 3.73. The van der Waals surface area contributed by atoms with Gasteiger partial charge in [0, 0.05) is 12.6 Å². The summed E-state index contributed by atoms with van der Waals surface area (Å²) in [6.07, 6.45) is 2.38. The standard InChI is InChI=1S/C15H25ClN2O/c1-4-6-9-18(5-2)14(11-17)12-7-8-15(19-3)13(16)10-12/h7-8,10,14H,4-6,9,11,17H2,1-3H3. The van der Waals surface area contributed by atoms with Crippen molar-refractivity contribution in [3.63, 3.8) is 0 Å². The molecule has 19 heavy (non-hydrogen) atoms. The van der Waals surface area contributed by atoms with Crippen molar-refractivity contribution in [1.29, 1.82) is 0 Å². The first-order valence-electron chi connectivity index (χ1n) is 6.95. The molecule has 0 aliphatic carbocycles. The van der Waals surface area contributed by atoms with Crippen molar-refractivity contribution in [2.45, 2.75) is 32.7 Å². The average Bonchev–Trinajstić information content (AvgIpc) is 2.43. The van der Waals surface area contributed by atoms with Gasteiger partial charge in [-0.2, -0.15) is 0 Å². The van der Waals surface area contributed by atoms with Crippen molar-refractivity contribution in [3.05, 3.63) is 28.8 Å². The molecule has 0 aromatic heterocycles. The molecule has 1 rings (SSSR count). The van der Waals surface area contributed by atoms with Crippen LogP contribution in [0.4, 0.5) is 0 Å². The first-order valence-corrected chi connectivity index (χ1v) is 7.33. The Hall–Kier alpha value is -0.770. The summed E-state index contributed by atoms with van der Waals surface area (Å²) in [6, 6.07) is 6.15. The largest absolute Gasteiger partial charge is 0.495 e. The number of ether oxygens (including phenoxy) is 1. The fourth-order valence-corrected chi connectivity index (χ4v) is 2.55. The van der Waals surface area contributed by atoms with Crippen molar-refractivity contribution in [1.82, 2.24) is 4.90 Å². The maximum absolute atomic E-state index is 6.20. The fourth-order valence-electron chi connectivity index (χ4n) is 2.28. The van der Waals surface area contributed by atoms with E-state index in [-0.39, 0.29) is 6.04 Å².